The summed E-state index contributed by atoms with van der Waals surface area (Å²) in [4.78, 5) is 22.4. The van der Waals surface area contributed by atoms with Gasteiger partial charge in [-0.2, -0.15) is 0 Å². The number of nitrogen functional groups attached to an aromatic ring is 1. The van der Waals surface area contributed by atoms with Crippen LogP contribution in [0.2, 0.25) is 19.6 Å². The number of aryl methyl sites for hydroxylation is 1. The normalized spacial score (nSPS) is 13.9. The molecule has 3 aromatic rings. The Hall–Kier alpha value is -2.58. The summed E-state index contributed by atoms with van der Waals surface area (Å²) in [5.41, 5.74) is 12.8. The number of anilines is 1. The zero-order valence-electron chi connectivity index (χ0n) is 26.1. The van der Waals surface area contributed by atoms with Crippen LogP contribution >= 0.6 is 7.60 Å². The first-order valence-electron chi connectivity index (χ1n) is 15.2. The van der Waals surface area contributed by atoms with E-state index in [-0.39, 0.29) is 19.1 Å². The van der Waals surface area contributed by atoms with Gasteiger partial charge in [0.2, 0.25) is 0 Å². The molecule has 0 spiro atoms. The van der Waals surface area contributed by atoms with E-state index in [1.807, 2.05) is 0 Å². The zero-order chi connectivity index (χ0) is 31.1. The number of aromatic nitrogens is 4. The van der Waals surface area contributed by atoms with Crippen molar-refractivity contribution in [3.63, 3.8) is 0 Å². The molecular weight excluding hydrogens is 581 g/mol. The van der Waals surface area contributed by atoms with Crippen LogP contribution in [0.5, 0.6) is 0 Å². The second kappa shape index (κ2) is 17.6. The molecule has 43 heavy (non-hydrogen) atoms. The summed E-state index contributed by atoms with van der Waals surface area (Å²) >= 11 is 0. The van der Waals surface area contributed by atoms with Crippen LogP contribution in [0.15, 0.2) is 36.9 Å². The van der Waals surface area contributed by atoms with Crippen molar-refractivity contribution < 1.29 is 23.5 Å². The van der Waals surface area contributed by atoms with E-state index in [1.54, 1.807) is 17.8 Å². The lowest BCUT2D eigenvalue weighted by Gasteiger charge is -2.17. The minimum absolute atomic E-state index is 0.141. The van der Waals surface area contributed by atoms with Crippen LogP contribution < -0.4 is 5.73 Å². The van der Waals surface area contributed by atoms with Crippen molar-refractivity contribution >= 4 is 32.7 Å². The molecule has 0 bridgehead atoms. The number of benzene rings is 1. The van der Waals surface area contributed by atoms with Gasteiger partial charge in [-0.3, -0.25) is 4.57 Å². The van der Waals surface area contributed by atoms with E-state index in [0.717, 1.165) is 24.8 Å². The van der Waals surface area contributed by atoms with Gasteiger partial charge in [0.25, 0.3) is 0 Å². The van der Waals surface area contributed by atoms with Gasteiger partial charge in [0.1, 0.15) is 26.3 Å². The largest absolute Gasteiger partial charge is 0.382 e. The molecule has 1 aromatic carbocycles. The van der Waals surface area contributed by atoms with Gasteiger partial charge in [0, 0.05) is 18.8 Å². The standard InChI is InChI=1S/C31H48N5O5PSi/c1-26(22-36-24-35-29-30(32)33-23-34-31(29)36)40-25-42(37,38)41-20-11-19-39-18-10-8-6-5-7-9-12-27-13-15-28(16-14-27)17-21-43(2,3)4/h13-16,23-24,26H,5-12,18-20,22,25H2,1-4H3,(H,37,38)(H2,32,33,34)/t26-/m1/s1. The Morgan fingerprint density at radius 3 is 2.42 bits per heavy atom. The fourth-order valence-corrected chi connectivity index (χ4v) is 5.80. The highest BCUT2D eigenvalue weighted by Crippen LogP contribution is 2.42. The van der Waals surface area contributed by atoms with Crippen molar-refractivity contribution in [3.05, 3.63) is 48.0 Å². The number of imidazole rings is 1. The number of ether oxygens (including phenoxy) is 2. The quantitative estimate of drug-likeness (QED) is 0.0689. The highest BCUT2D eigenvalue weighted by Gasteiger charge is 2.21. The Morgan fingerprint density at radius 1 is 0.977 bits per heavy atom. The van der Waals surface area contributed by atoms with E-state index >= 15 is 0 Å². The van der Waals surface area contributed by atoms with E-state index in [4.69, 9.17) is 19.7 Å². The van der Waals surface area contributed by atoms with Crippen LogP contribution in [0.4, 0.5) is 5.82 Å². The highest BCUT2D eigenvalue weighted by molar-refractivity contribution is 7.52. The first-order valence-corrected chi connectivity index (χ1v) is 20.5. The third-order valence-electron chi connectivity index (χ3n) is 6.67. The molecule has 0 saturated heterocycles. The van der Waals surface area contributed by atoms with Gasteiger partial charge >= 0.3 is 7.60 Å². The van der Waals surface area contributed by atoms with Crippen LogP contribution in [0, 0.1) is 11.5 Å². The minimum atomic E-state index is -3.86. The molecule has 1 unspecified atom stereocenters. The summed E-state index contributed by atoms with van der Waals surface area (Å²) in [7, 11) is -5.19. The van der Waals surface area contributed by atoms with E-state index in [2.05, 4.69) is 70.3 Å². The van der Waals surface area contributed by atoms with E-state index in [9.17, 15) is 9.46 Å². The number of nitrogens with two attached hydrogens (primary N) is 1. The molecule has 2 atom stereocenters. The topological polar surface area (TPSA) is 135 Å². The Balaban J connectivity index is 1.14. The van der Waals surface area contributed by atoms with Crippen LogP contribution in [0.25, 0.3) is 11.2 Å². The fraction of sp³-hybridized carbons (Fsp3) is 0.581. The number of hydrogen-bond donors (Lipinski definition) is 2. The number of rotatable bonds is 19. The van der Waals surface area contributed by atoms with Gasteiger partial charge in [-0.15, -0.1) is 5.54 Å². The molecule has 0 amide bonds. The first-order chi connectivity index (χ1) is 20.5. The first kappa shape index (κ1) is 34.9. The Bertz CT molecular complexity index is 1370. The Kier molecular flexibility index (Phi) is 14.3. The SMILES string of the molecule is C[C@H](Cn1cnc2c(N)ncnc21)OCP(=O)(O)OCCCOCCCCCCCCc1ccc(C#C[Si](C)(C)C)cc1. The maximum atomic E-state index is 12.3. The summed E-state index contributed by atoms with van der Waals surface area (Å²) in [6.45, 7) is 10.3. The predicted molar refractivity (Wildman–Crippen MR) is 174 cm³/mol. The predicted octanol–water partition coefficient (Wildman–Crippen LogP) is 6.19. The molecule has 0 fully saturated rings. The Morgan fingerprint density at radius 2 is 1.67 bits per heavy atom. The molecule has 12 heteroatoms. The lowest BCUT2D eigenvalue weighted by molar-refractivity contribution is 0.0688. The average Bonchev–Trinajstić information content (AvgIpc) is 3.37. The molecular formula is C31H48N5O5PSi. The molecule has 0 saturated carbocycles. The van der Waals surface area contributed by atoms with Gasteiger partial charge in [0.15, 0.2) is 11.5 Å². The molecule has 3 N–H and O–H groups in total. The van der Waals surface area contributed by atoms with E-state index < -0.39 is 15.7 Å². The van der Waals surface area contributed by atoms with Crippen LogP contribution in [-0.4, -0.2) is 64.8 Å². The van der Waals surface area contributed by atoms with Crippen LogP contribution in [0.1, 0.15) is 63.0 Å². The summed E-state index contributed by atoms with van der Waals surface area (Å²) in [5, 5.41) is 0. The van der Waals surface area contributed by atoms with Gasteiger partial charge < -0.3 is 29.2 Å². The molecule has 0 radical (unpaired) electrons. The summed E-state index contributed by atoms with van der Waals surface area (Å²) in [5.74, 6) is 3.62. The van der Waals surface area contributed by atoms with Gasteiger partial charge in [-0.1, -0.05) is 63.4 Å². The van der Waals surface area contributed by atoms with Gasteiger partial charge in [-0.25, -0.2) is 15.0 Å². The van der Waals surface area contributed by atoms with Crippen molar-refractivity contribution in [2.75, 3.05) is 31.9 Å². The molecule has 0 aliphatic carbocycles. The van der Waals surface area contributed by atoms with Crippen LogP contribution in [-0.2, 0) is 31.5 Å². The second-order valence-electron chi connectivity index (χ2n) is 11.9. The average molecular weight is 630 g/mol. The van der Waals surface area contributed by atoms with E-state index in [1.165, 1.54) is 37.6 Å². The van der Waals surface area contributed by atoms with Crippen molar-refractivity contribution in [1.82, 2.24) is 19.5 Å². The lowest BCUT2D eigenvalue weighted by atomic mass is 10.0. The molecule has 2 aromatic heterocycles. The summed E-state index contributed by atoms with van der Waals surface area (Å²) in [6.07, 6.45) is 11.0. The molecule has 0 aliphatic rings. The number of fused-ring (bicyclic) bond motifs is 1. The van der Waals surface area contributed by atoms with Gasteiger partial charge in [0.05, 0.1) is 25.6 Å². The molecule has 2 heterocycles. The van der Waals surface area contributed by atoms with Crippen molar-refractivity contribution in [2.45, 2.75) is 90.6 Å². The highest BCUT2D eigenvalue weighted by atomic mass is 31.2. The van der Waals surface area contributed by atoms with E-state index in [0.29, 0.717) is 43.2 Å². The zero-order valence-corrected chi connectivity index (χ0v) is 28.0. The molecule has 10 nitrogen and oxygen atoms in total. The van der Waals surface area contributed by atoms with Crippen molar-refractivity contribution in [3.8, 4) is 11.5 Å². The third kappa shape index (κ3) is 13.7. The molecule has 3 rings (SSSR count). The maximum absolute atomic E-state index is 12.3. The summed E-state index contributed by atoms with van der Waals surface area (Å²) < 4.78 is 30.5. The monoisotopic (exact) mass is 629 g/mol. The molecule has 236 valence electrons. The summed E-state index contributed by atoms with van der Waals surface area (Å²) in [6, 6.07) is 8.72. The fourth-order valence-electron chi connectivity index (χ4n) is 4.35. The smallest absolute Gasteiger partial charge is 0.353 e. The maximum Gasteiger partial charge on any atom is 0.353 e. The third-order valence-corrected chi connectivity index (χ3v) is 8.61. The van der Waals surface area contributed by atoms with Gasteiger partial charge in [-0.05, 0) is 50.3 Å². The number of nitrogens with zero attached hydrogens (tertiary/aromatic N) is 4. The number of unbranched alkanes of at least 4 members (excludes halogenated alkanes) is 5. The lowest BCUT2D eigenvalue weighted by Crippen LogP contribution is -2.17. The van der Waals surface area contributed by atoms with Crippen molar-refractivity contribution in [1.29, 1.82) is 0 Å². The second-order valence-corrected chi connectivity index (χ2v) is 18.5. The Labute approximate surface area is 257 Å². The minimum Gasteiger partial charge on any atom is -0.382 e. The molecule has 0 aliphatic heterocycles. The number of hydrogen-bond acceptors (Lipinski definition) is 8. The van der Waals surface area contributed by atoms with Crippen LogP contribution in [0.3, 0.4) is 0 Å². The van der Waals surface area contributed by atoms with Crippen molar-refractivity contribution in [2.24, 2.45) is 0 Å².